The lowest BCUT2D eigenvalue weighted by Crippen LogP contribution is -2.10. The third kappa shape index (κ3) is 2.26. The van der Waals surface area contributed by atoms with Gasteiger partial charge in [0.2, 0.25) is 0 Å². The second kappa shape index (κ2) is 4.86. The Morgan fingerprint density at radius 3 is 3.20 bits per heavy atom. The van der Waals surface area contributed by atoms with Gasteiger partial charge in [-0.05, 0) is 26.0 Å². The third-order valence-corrected chi connectivity index (χ3v) is 3.64. The van der Waals surface area contributed by atoms with E-state index in [1.165, 1.54) is 5.69 Å². The van der Waals surface area contributed by atoms with E-state index in [0.29, 0.717) is 0 Å². The number of imidazole rings is 1. The maximum absolute atomic E-state index is 4.63. The summed E-state index contributed by atoms with van der Waals surface area (Å²) in [6.07, 6.45) is 6.62. The van der Waals surface area contributed by atoms with Crippen LogP contribution in [0.3, 0.4) is 0 Å². The van der Waals surface area contributed by atoms with Gasteiger partial charge in [-0.15, -0.1) is 0 Å². The van der Waals surface area contributed by atoms with Crippen LogP contribution in [0.5, 0.6) is 0 Å². The molecule has 1 aromatic heterocycles. The number of allylic oxidation sites excluding steroid dienone is 1. The van der Waals surface area contributed by atoms with E-state index < -0.39 is 0 Å². The van der Waals surface area contributed by atoms with Crippen LogP contribution in [0.4, 0.5) is 0 Å². The van der Waals surface area contributed by atoms with Gasteiger partial charge < -0.3 is 9.88 Å². The van der Waals surface area contributed by atoms with Crippen molar-refractivity contribution >= 4 is 17.8 Å². The van der Waals surface area contributed by atoms with Crippen LogP contribution < -0.4 is 5.32 Å². The lowest BCUT2D eigenvalue weighted by atomic mass is 10.1. The fraction of sp³-hybridized carbons (Fsp3) is 0.545. The SMILES string of the molecule is CNCCSc1nc2c(n1C)CCC=C2. The first-order valence-electron chi connectivity index (χ1n) is 5.32. The molecular formula is C11H17N3S. The van der Waals surface area contributed by atoms with Gasteiger partial charge in [0.1, 0.15) is 0 Å². The molecule has 82 valence electrons. The summed E-state index contributed by atoms with van der Waals surface area (Å²) in [6.45, 7) is 1.03. The van der Waals surface area contributed by atoms with Crippen molar-refractivity contribution in [3.63, 3.8) is 0 Å². The first-order chi connectivity index (χ1) is 7.33. The molecule has 0 saturated heterocycles. The summed E-state index contributed by atoms with van der Waals surface area (Å²) in [4.78, 5) is 4.63. The highest BCUT2D eigenvalue weighted by atomic mass is 32.2. The van der Waals surface area contributed by atoms with Crippen LogP contribution >= 0.6 is 11.8 Å². The lowest BCUT2D eigenvalue weighted by Gasteiger charge is -2.07. The molecule has 2 rings (SSSR count). The van der Waals surface area contributed by atoms with E-state index in [4.69, 9.17) is 0 Å². The minimum Gasteiger partial charge on any atom is -0.326 e. The molecule has 0 aromatic carbocycles. The monoisotopic (exact) mass is 223 g/mol. The van der Waals surface area contributed by atoms with Crippen molar-refractivity contribution in [2.75, 3.05) is 19.3 Å². The topological polar surface area (TPSA) is 29.9 Å². The van der Waals surface area contributed by atoms with Gasteiger partial charge in [-0.1, -0.05) is 17.8 Å². The molecule has 1 aromatic rings. The van der Waals surface area contributed by atoms with E-state index in [2.05, 4.69) is 34.1 Å². The quantitative estimate of drug-likeness (QED) is 0.622. The first kappa shape index (κ1) is 10.8. The maximum atomic E-state index is 4.63. The number of fused-ring (bicyclic) bond motifs is 1. The Balaban J connectivity index is 2.12. The summed E-state index contributed by atoms with van der Waals surface area (Å²) in [5, 5.41) is 4.29. The molecule has 0 radical (unpaired) electrons. The molecule has 0 amide bonds. The van der Waals surface area contributed by atoms with Gasteiger partial charge in [0.05, 0.1) is 5.69 Å². The fourth-order valence-corrected chi connectivity index (χ4v) is 2.70. The van der Waals surface area contributed by atoms with E-state index in [0.717, 1.165) is 36.0 Å². The zero-order valence-electron chi connectivity index (χ0n) is 9.29. The molecule has 0 unspecified atom stereocenters. The normalized spacial score (nSPS) is 14.3. The molecule has 1 N–H and O–H groups in total. The molecular weight excluding hydrogens is 206 g/mol. The van der Waals surface area contributed by atoms with Crippen molar-refractivity contribution in [1.29, 1.82) is 0 Å². The first-order valence-corrected chi connectivity index (χ1v) is 6.31. The van der Waals surface area contributed by atoms with Crippen LogP contribution in [-0.4, -0.2) is 28.9 Å². The number of hydrogen-bond acceptors (Lipinski definition) is 3. The Labute approximate surface area is 95.0 Å². The summed E-state index contributed by atoms with van der Waals surface area (Å²) in [5.74, 6) is 1.07. The summed E-state index contributed by atoms with van der Waals surface area (Å²) in [7, 11) is 4.10. The van der Waals surface area contributed by atoms with Gasteiger partial charge >= 0.3 is 0 Å². The highest BCUT2D eigenvalue weighted by molar-refractivity contribution is 7.99. The van der Waals surface area contributed by atoms with E-state index in [9.17, 15) is 0 Å². The molecule has 15 heavy (non-hydrogen) atoms. The van der Waals surface area contributed by atoms with Crippen LogP contribution in [0.2, 0.25) is 0 Å². The standard InChI is InChI=1S/C11H17N3S/c1-12-7-8-15-11-13-9-5-3-4-6-10(9)14(11)2/h3,5,12H,4,6-8H2,1-2H3. The minimum atomic E-state index is 1.03. The van der Waals surface area contributed by atoms with Crippen molar-refractivity contribution < 1.29 is 0 Å². The van der Waals surface area contributed by atoms with Gasteiger partial charge in [0.25, 0.3) is 0 Å². The predicted molar refractivity (Wildman–Crippen MR) is 65.2 cm³/mol. The number of rotatable bonds is 4. The van der Waals surface area contributed by atoms with Gasteiger partial charge in [-0.3, -0.25) is 0 Å². The molecule has 0 saturated carbocycles. The Kier molecular flexibility index (Phi) is 3.49. The van der Waals surface area contributed by atoms with Crippen molar-refractivity contribution in [2.24, 2.45) is 7.05 Å². The Morgan fingerprint density at radius 2 is 2.47 bits per heavy atom. The molecule has 0 fully saturated rings. The third-order valence-electron chi connectivity index (χ3n) is 2.61. The summed E-state index contributed by atoms with van der Waals surface area (Å²) in [5.41, 5.74) is 2.54. The number of thioether (sulfide) groups is 1. The zero-order valence-corrected chi connectivity index (χ0v) is 10.1. The van der Waals surface area contributed by atoms with E-state index >= 15 is 0 Å². The maximum Gasteiger partial charge on any atom is 0.168 e. The van der Waals surface area contributed by atoms with Gasteiger partial charge in [0.15, 0.2) is 5.16 Å². The minimum absolute atomic E-state index is 1.03. The highest BCUT2D eigenvalue weighted by Gasteiger charge is 2.14. The smallest absolute Gasteiger partial charge is 0.168 e. The van der Waals surface area contributed by atoms with Gasteiger partial charge in [0, 0.05) is 25.0 Å². The number of nitrogens with one attached hydrogen (secondary N) is 1. The summed E-state index contributed by atoms with van der Waals surface area (Å²) >= 11 is 1.82. The molecule has 1 aliphatic carbocycles. The van der Waals surface area contributed by atoms with Crippen molar-refractivity contribution in [3.05, 3.63) is 17.5 Å². The average molecular weight is 223 g/mol. The van der Waals surface area contributed by atoms with Crippen LogP contribution in [0.1, 0.15) is 17.8 Å². The molecule has 0 aliphatic heterocycles. The Bertz CT molecular complexity index is 368. The fourth-order valence-electron chi connectivity index (χ4n) is 1.75. The van der Waals surface area contributed by atoms with E-state index in [1.807, 2.05) is 18.8 Å². The summed E-state index contributed by atoms with van der Waals surface area (Å²) < 4.78 is 2.24. The predicted octanol–water partition coefficient (Wildman–Crippen LogP) is 1.69. The van der Waals surface area contributed by atoms with Crippen LogP contribution in [0.25, 0.3) is 6.08 Å². The Hall–Kier alpha value is -0.740. The van der Waals surface area contributed by atoms with Crippen LogP contribution in [0, 0.1) is 0 Å². The second-order valence-corrected chi connectivity index (χ2v) is 4.74. The van der Waals surface area contributed by atoms with Crippen LogP contribution in [0.15, 0.2) is 11.2 Å². The molecule has 4 heteroatoms. The van der Waals surface area contributed by atoms with Crippen molar-refractivity contribution in [3.8, 4) is 0 Å². The number of nitrogens with zero attached hydrogens (tertiary/aromatic N) is 2. The molecule has 0 bridgehead atoms. The molecule has 0 atom stereocenters. The van der Waals surface area contributed by atoms with Crippen molar-refractivity contribution in [2.45, 2.75) is 18.0 Å². The van der Waals surface area contributed by atoms with Crippen molar-refractivity contribution in [1.82, 2.24) is 14.9 Å². The zero-order chi connectivity index (χ0) is 10.7. The van der Waals surface area contributed by atoms with E-state index in [-0.39, 0.29) is 0 Å². The van der Waals surface area contributed by atoms with Crippen LogP contribution in [-0.2, 0) is 13.5 Å². The average Bonchev–Trinajstić information content (AvgIpc) is 2.57. The Morgan fingerprint density at radius 1 is 1.60 bits per heavy atom. The molecule has 1 aliphatic rings. The summed E-state index contributed by atoms with van der Waals surface area (Å²) in [6, 6.07) is 0. The molecule has 3 nitrogen and oxygen atoms in total. The highest BCUT2D eigenvalue weighted by Crippen LogP contribution is 2.24. The molecule has 1 heterocycles. The number of hydrogen-bond donors (Lipinski definition) is 1. The molecule has 0 spiro atoms. The lowest BCUT2D eigenvalue weighted by molar-refractivity contribution is 0.730. The largest absolute Gasteiger partial charge is 0.326 e. The van der Waals surface area contributed by atoms with Gasteiger partial charge in [-0.2, -0.15) is 0 Å². The number of aromatic nitrogens is 2. The van der Waals surface area contributed by atoms with E-state index in [1.54, 1.807) is 0 Å². The van der Waals surface area contributed by atoms with Gasteiger partial charge in [-0.25, -0.2) is 4.98 Å². The second-order valence-electron chi connectivity index (χ2n) is 3.68.